The number of halogens is 1. The van der Waals surface area contributed by atoms with Gasteiger partial charge in [-0.05, 0) is 5.56 Å². The van der Waals surface area contributed by atoms with Crippen molar-refractivity contribution in [2.75, 3.05) is 6.54 Å². The van der Waals surface area contributed by atoms with Crippen molar-refractivity contribution in [2.24, 2.45) is 0 Å². The number of carboxylic acids is 1. The zero-order valence-electron chi connectivity index (χ0n) is 15.5. The van der Waals surface area contributed by atoms with Gasteiger partial charge in [-0.1, -0.05) is 60.7 Å². The first-order chi connectivity index (χ1) is 14.1. The quantitative estimate of drug-likeness (QED) is 0.455. The molecule has 0 atom stereocenters. The van der Waals surface area contributed by atoms with Crippen LogP contribution in [-0.2, 0) is 4.79 Å². The van der Waals surface area contributed by atoms with Gasteiger partial charge < -0.3 is 10.4 Å². The SMILES string of the molecule is Cl.O=C(O)CNC(=O)c1c(=O)c(-c2ccccc2)cn2c(-c3ccccc3)n[nH]c12. The molecule has 2 aromatic heterocycles. The Morgan fingerprint density at radius 3 is 2.20 bits per heavy atom. The standard InChI is InChI=1S/C21H16N4O4.ClH/c26-16(27)11-22-21(29)17-18(28)15(13-7-3-1-4-8-13)12-25-19(23-24-20(17)25)14-9-5-2-6-10-14;/h1-10,12,24H,11H2,(H,22,29)(H,26,27);1H. The van der Waals surface area contributed by atoms with E-state index < -0.39 is 23.9 Å². The number of H-pyrrole nitrogens is 1. The molecule has 0 spiro atoms. The highest BCUT2D eigenvalue weighted by molar-refractivity contribution is 6.02. The second-order valence-electron chi connectivity index (χ2n) is 6.32. The molecule has 0 bridgehead atoms. The molecule has 1 amide bonds. The molecule has 2 heterocycles. The molecule has 30 heavy (non-hydrogen) atoms. The second kappa shape index (κ2) is 8.62. The number of nitrogens with zero attached hydrogens (tertiary/aromatic N) is 2. The number of hydrogen-bond acceptors (Lipinski definition) is 4. The zero-order chi connectivity index (χ0) is 20.4. The van der Waals surface area contributed by atoms with Crippen molar-refractivity contribution in [2.45, 2.75) is 0 Å². The number of nitrogens with one attached hydrogen (secondary N) is 2. The normalized spacial score (nSPS) is 10.4. The molecular formula is C21H17ClN4O4. The van der Waals surface area contributed by atoms with Crippen LogP contribution in [0.5, 0.6) is 0 Å². The summed E-state index contributed by atoms with van der Waals surface area (Å²) in [6.07, 6.45) is 1.63. The third-order valence-corrected chi connectivity index (χ3v) is 4.45. The van der Waals surface area contributed by atoms with Crippen molar-refractivity contribution in [3.8, 4) is 22.5 Å². The molecule has 152 valence electrons. The highest BCUT2D eigenvalue weighted by Crippen LogP contribution is 2.23. The number of pyridine rings is 1. The molecular weight excluding hydrogens is 408 g/mol. The first kappa shape index (κ1) is 20.8. The minimum atomic E-state index is -1.21. The maximum atomic E-state index is 13.1. The average Bonchev–Trinajstić information content (AvgIpc) is 3.16. The smallest absolute Gasteiger partial charge is 0.322 e. The van der Waals surface area contributed by atoms with E-state index in [0.29, 0.717) is 17.0 Å². The molecule has 3 N–H and O–H groups in total. The van der Waals surface area contributed by atoms with Crippen molar-refractivity contribution in [1.82, 2.24) is 19.9 Å². The van der Waals surface area contributed by atoms with Crippen LogP contribution < -0.4 is 10.7 Å². The topological polar surface area (TPSA) is 117 Å². The van der Waals surface area contributed by atoms with Gasteiger partial charge in [0.15, 0.2) is 5.82 Å². The number of amides is 1. The van der Waals surface area contributed by atoms with Crippen LogP contribution in [0.25, 0.3) is 28.2 Å². The molecule has 4 aromatic rings. The lowest BCUT2D eigenvalue weighted by Crippen LogP contribution is -2.33. The van der Waals surface area contributed by atoms with Crippen LogP contribution in [0, 0.1) is 0 Å². The molecule has 0 aliphatic heterocycles. The Kier molecular flexibility index (Phi) is 5.98. The Labute approximate surface area is 176 Å². The maximum absolute atomic E-state index is 13.1. The van der Waals surface area contributed by atoms with Crippen molar-refractivity contribution >= 4 is 29.9 Å². The molecule has 0 unspecified atom stereocenters. The van der Waals surface area contributed by atoms with Gasteiger partial charge in [-0.15, -0.1) is 12.4 Å². The van der Waals surface area contributed by atoms with E-state index in [1.54, 1.807) is 34.9 Å². The van der Waals surface area contributed by atoms with Gasteiger partial charge in [-0.3, -0.25) is 23.9 Å². The van der Waals surface area contributed by atoms with E-state index in [-0.39, 0.29) is 23.6 Å². The highest BCUT2D eigenvalue weighted by Gasteiger charge is 2.22. The molecule has 0 radical (unpaired) electrons. The minimum Gasteiger partial charge on any atom is -0.480 e. The predicted octanol–water partition coefficient (Wildman–Crippen LogP) is 2.59. The number of aliphatic carboxylic acids is 1. The van der Waals surface area contributed by atoms with E-state index in [2.05, 4.69) is 15.5 Å². The fraction of sp³-hybridized carbons (Fsp3) is 0.0476. The molecule has 0 aliphatic carbocycles. The van der Waals surface area contributed by atoms with Crippen LogP contribution in [0.1, 0.15) is 10.4 Å². The third kappa shape index (κ3) is 3.81. The molecule has 9 heteroatoms. The lowest BCUT2D eigenvalue weighted by molar-refractivity contribution is -0.135. The fourth-order valence-corrected chi connectivity index (χ4v) is 3.12. The first-order valence-electron chi connectivity index (χ1n) is 8.81. The van der Waals surface area contributed by atoms with Crippen molar-refractivity contribution in [3.63, 3.8) is 0 Å². The summed E-state index contributed by atoms with van der Waals surface area (Å²) in [5, 5.41) is 18.1. The van der Waals surface area contributed by atoms with Gasteiger partial charge in [0.25, 0.3) is 5.91 Å². The Hall–Kier alpha value is -3.91. The third-order valence-electron chi connectivity index (χ3n) is 4.45. The van der Waals surface area contributed by atoms with Gasteiger partial charge in [-0.2, -0.15) is 5.10 Å². The van der Waals surface area contributed by atoms with E-state index in [0.717, 1.165) is 5.56 Å². The molecule has 2 aromatic carbocycles. The number of aromatic nitrogens is 3. The van der Waals surface area contributed by atoms with Crippen LogP contribution in [0.4, 0.5) is 0 Å². The number of rotatable bonds is 5. The largest absolute Gasteiger partial charge is 0.480 e. The summed E-state index contributed by atoms with van der Waals surface area (Å²) >= 11 is 0. The first-order valence-corrected chi connectivity index (χ1v) is 8.81. The number of hydrogen-bond donors (Lipinski definition) is 3. The number of carboxylic acid groups (broad SMARTS) is 1. The predicted molar refractivity (Wildman–Crippen MR) is 114 cm³/mol. The van der Waals surface area contributed by atoms with E-state index in [1.807, 2.05) is 36.4 Å². The Bertz CT molecular complexity index is 1270. The minimum absolute atomic E-state index is 0. The monoisotopic (exact) mass is 424 g/mol. The van der Waals surface area contributed by atoms with Crippen LogP contribution in [0.3, 0.4) is 0 Å². The molecule has 8 nitrogen and oxygen atoms in total. The van der Waals surface area contributed by atoms with Crippen molar-refractivity contribution in [3.05, 3.63) is 82.6 Å². The van der Waals surface area contributed by atoms with Crippen LogP contribution in [0.2, 0.25) is 0 Å². The Morgan fingerprint density at radius 2 is 1.60 bits per heavy atom. The van der Waals surface area contributed by atoms with Crippen molar-refractivity contribution < 1.29 is 14.7 Å². The average molecular weight is 425 g/mol. The van der Waals surface area contributed by atoms with Gasteiger partial charge in [-0.25, -0.2) is 0 Å². The van der Waals surface area contributed by atoms with E-state index in [4.69, 9.17) is 5.11 Å². The molecule has 0 aliphatic rings. The second-order valence-corrected chi connectivity index (χ2v) is 6.32. The Morgan fingerprint density at radius 1 is 1.00 bits per heavy atom. The fourth-order valence-electron chi connectivity index (χ4n) is 3.12. The molecule has 0 saturated carbocycles. The molecule has 4 rings (SSSR count). The summed E-state index contributed by atoms with van der Waals surface area (Å²) in [6.45, 7) is -0.598. The summed E-state index contributed by atoms with van der Waals surface area (Å²) in [7, 11) is 0. The van der Waals surface area contributed by atoms with Crippen LogP contribution in [-0.4, -0.2) is 38.1 Å². The number of carbonyl (C=O) groups is 2. The van der Waals surface area contributed by atoms with Gasteiger partial charge in [0.2, 0.25) is 5.43 Å². The Balaban J connectivity index is 0.00000256. The lowest BCUT2D eigenvalue weighted by atomic mass is 10.0. The van der Waals surface area contributed by atoms with E-state index in [1.165, 1.54) is 0 Å². The van der Waals surface area contributed by atoms with Crippen molar-refractivity contribution in [1.29, 1.82) is 0 Å². The van der Waals surface area contributed by atoms with Crippen LogP contribution in [0.15, 0.2) is 71.7 Å². The van der Waals surface area contributed by atoms with Crippen LogP contribution >= 0.6 is 12.4 Å². The number of benzene rings is 2. The highest BCUT2D eigenvalue weighted by atomic mass is 35.5. The lowest BCUT2D eigenvalue weighted by Gasteiger charge is -2.09. The summed E-state index contributed by atoms with van der Waals surface area (Å²) in [5.74, 6) is -1.47. The molecule has 0 saturated heterocycles. The number of fused-ring (bicyclic) bond motifs is 1. The van der Waals surface area contributed by atoms with E-state index in [9.17, 15) is 14.4 Å². The summed E-state index contributed by atoms with van der Waals surface area (Å²) in [4.78, 5) is 36.7. The molecule has 0 fully saturated rings. The summed E-state index contributed by atoms with van der Waals surface area (Å²) in [5.41, 5.74) is 1.22. The number of carbonyl (C=O) groups excluding carboxylic acids is 1. The zero-order valence-corrected chi connectivity index (χ0v) is 16.3. The van der Waals surface area contributed by atoms with Gasteiger partial charge >= 0.3 is 5.97 Å². The summed E-state index contributed by atoms with van der Waals surface area (Å²) < 4.78 is 1.63. The van der Waals surface area contributed by atoms with Gasteiger partial charge in [0.1, 0.15) is 17.8 Å². The maximum Gasteiger partial charge on any atom is 0.322 e. The number of aromatic amines is 1. The summed E-state index contributed by atoms with van der Waals surface area (Å²) in [6, 6.07) is 18.3. The van der Waals surface area contributed by atoms with Gasteiger partial charge in [0.05, 0.1) is 0 Å². The van der Waals surface area contributed by atoms with E-state index >= 15 is 0 Å². The van der Waals surface area contributed by atoms with Gasteiger partial charge in [0, 0.05) is 17.3 Å².